The SMILES string of the molecule is N#Cc1ccc(CN2C(=O)OC3(CCCCC3)N2C(=O)c2ccc(Cl)c(Cl)c2)cc1. The predicted molar refractivity (Wildman–Crippen MR) is 112 cm³/mol. The number of carbonyl (C=O) groups excluding carboxylic acids is 2. The number of benzene rings is 2. The Kier molecular flexibility index (Phi) is 5.59. The van der Waals surface area contributed by atoms with Crippen LogP contribution in [0.4, 0.5) is 4.79 Å². The molecule has 2 amide bonds. The molecule has 2 fully saturated rings. The summed E-state index contributed by atoms with van der Waals surface area (Å²) in [6.07, 6.45) is 3.36. The first-order chi connectivity index (χ1) is 14.4. The third-order valence-corrected chi connectivity index (χ3v) is 6.26. The highest BCUT2D eigenvalue weighted by Crippen LogP contribution is 2.42. The van der Waals surface area contributed by atoms with E-state index >= 15 is 0 Å². The van der Waals surface area contributed by atoms with Gasteiger partial charge in [-0.15, -0.1) is 0 Å². The van der Waals surface area contributed by atoms with Crippen LogP contribution < -0.4 is 0 Å². The topological polar surface area (TPSA) is 73.6 Å². The van der Waals surface area contributed by atoms with Crippen LogP contribution in [0.2, 0.25) is 10.0 Å². The number of hydrogen-bond acceptors (Lipinski definition) is 4. The van der Waals surface area contributed by atoms with Crippen LogP contribution in [-0.2, 0) is 11.3 Å². The largest absolute Gasteiger partial charge is 0.431 e. The van der Waals surface area contributed by atoms with Crippen molar-refractivity contribution < 1.29 is 14.3 Å². The molecular formula is C22H19Cl2N3O3. The Morgan fingerprint density at radius 1 is 1.07 bits per heavy atom. The third kappa shape index (κ3) is 3.71. The minimum atomic E-state index is -0.995. The second kappa shape index (κ2) is 8.17. The molecule has 6 nitrogen and oxygen atoms in total. The van der Waals surface area contributed by atoms with Gasteiger partial charge in [0.2, 0.25) is 5.72 Å². The summed E-state index contributed by atoms with van der Waals surface area (Å²) in [5.74, 6) is -0.366. The highest BCUT2D eigenvalue weighted by molar-refractivity contribution is 6.42. The molecule has 8 heteroatoms. The summed E-state index contributed by atoms with van der Waals surface area (Å²) < 4.78 is 5.81. The van der Waals surface area contributed by atoms with Crippen molar-refractivity contribution in [3.63, 3.8) is 0 Å². The number of halogens is 2. The van der Waals surface area contributed by atoms with Crippen molar-refractivity contribution in [1.82, 2.24) is 10.0 Å². The molecule has 30 heavy (non-hydrogen) atoms. The molecule has 1 saturated carbocycles. The van der Waals surface area contributed by atoms with Crippen LogP contribution in [0.25, 0.3) is 0 Å². The minimum Gasteiger partial charge on any atom is -0.419 e. The number of nitrogens with zero attached hydrogens (tertiary/aromatic N) is 3. The Morgan fingerprint density at radius 2 is 1.77 bits per heavy atom. The van der Waals surface area contributed by atoms with E-state index in [4.69, 9.17) is 33.2 Å². The maximum absolute atomic E-state index is 13.5. The molecule has 2 aromatic rings. The summed E-state index contributed by atoms with van der Waals surface area (Å²) in [6.45, 7) is 0.152. The van der Waals surface area contributed by atoms with Gasteiger partial charge in [-0.1, -0.05) is 41.8 Å². The highest BCUT2D eigenvalue weighted by Gasteiger charge is 2.55. The molecule has 1 aliphatic heterocycles. The van der Waals surface area contributed by atoms with Gasteiger partial charge in [-0.05, 0) is 48.7 Å². The first-order valence-electron chi connectivity index (χ1n) is 9.73. The van der Waals surface area contributed by atoms with E-state index in [1.165, 1.54) is 16.1 Å². The Labute approximate surface area is 184 Å². The van der Waals surface area contributed by atoms with Crippen molar-refractivity contribution in [2.45, 2.75) is 44.4 Å². The van der Waals surface area contributed by atoms with E-state index in [-0.39, 0.29) is 17.5 Å². The van der Waals surface area contributed by atoms with Gasteiger partial charge in [0.25, 0.3) is 5.91 Å². The molecule has 2 aromatic carbocycles. The Hall–Kier alpha value is -2.75. The number of hydrogen-bond donors (Lipinski definition) is 0. The smallest absolute Gasteiger partial charge is 0.419 e. The lowest BCUT2D eigenvalue weighted by Gasteiger charge is -2.40. The maximum atomic E-state index is 13.5. The Balaban J connectivity index is 1.71. The van der Waals surface area contributed by atoms with Crippen LogP contribution in [-0.4, -0.2) is 27.7 Å². The molecule has 1 saturated heterocycles. The van der Waals surface area contributed by atoms with Crippen molar-refractivity contribution in [2.24, 2.45) is 0 Å². The first kappa shape index (κ1) is 20.5. The summed E-state index contributed by atoms with van der Waals surface area (Å²) in [7, 11) is 0. The van der Waals surface area contributed by atoms with Gasteiger partial charge in [-0.3, -0.25) is 4.79 Å². The van der Waals surface area contributed by atoms with Gasteiger partial charge in [-0.25, -0.2) is 14.8 Å². The summed E-state index contributed by atoms with van der Waals surface area (Å²) >= 11 is 12.1. The average Bonchev–Trinajstić information content (AvgIpc) is 3.01. The lowest BCUT2D eigenvalue weighted by Crippen LogP contribution is -2.54. The van der Waals surface area contributed by atoms with Gasteiger partial charge in [-0.2, -0.15) is 5.26 Å². The number of ether oxygens (including phenoxy) is 1. The molecular weight excluding hydrogens is 425 g/mol. The maximum Gasteiger partial charge on any atom is 0.431 e. The van der Waals surface area contributed by atoms with Crippen LogP contribution in [0.3, 0.4) is 0 Å². The van der Waals surface area contributed by atoms with E-state index in [2.05, 4.69) is 6.07 Å². The van der Waals surface area contributed by atoms with Crippen LogP contribution in [0.5, 0.6) is 0 Å². The van der Waals surface area contributed by atoms with Crippen LogP contribution in [0.1, 0.15) is 53.6 Å². The molecule has 0 N–H and O–H groups in total. The number of carbonyl (C=O) groups is 2. The summed E-state index contributed by atoms with van der Waals surface area (Å²) in [6, 6.07) is 13.6. The molecule has 1 spiro atoms. The van der Waals surface area contributed by atoms with Crippen molar-refractivity contribution in [2.75, 3.05) is 0 Å². The van der Waals surface area contributed by atoms with Gasteiger partial charge in [0, 0.05) is 18.4 Å². The summed E-state index contributed by atoms with van der Waals surface area (Å²) in [5, 5.41) is 12.4. The second-order valence-corrected chi connectivity index (χ2v) is 8.30. The normalized spacial score (nSPS) is 17.7. The average molecular weight is 444 g/mol. The van der Waals surface area contributed by atoms with E-state index in [0.29, 0.717) is 29.0 Å². The molecule has 1 aliphatic carbocycles. The fourth-order valence-corrected chi connectivity index (χ4v) is 4.32. The standard InChI is InChI=1S/C22H19Cl2N3O3/c23-18-9-8-17(12-19(18)24)20(28)27-22(10-2-1-3-11-22)30-21(29)26(27)14-16-6-4-15(13-25)5-7-16/h4-9,12H,1-3,10-11,14H2. The zero-order valence-electron chi connectivity index (χ0n) is 16.1. The first-order valence-corrected chi connectivity index (χ1v) is 10.5. The number of amides is 2. The Bertz CT molecular complexity index is 1030. The van der Waals surface area contributed by atoms with E-state index in [1.807, 2.05) is 0 Å². The fourth-order valence-electron chi connectivity index (χ4n) is 4.02. The lowest BCUT2D eigenvalue weighted by atomic mass is 9.90. The van der Waals surface area contributed by atoms with Crippen LogP contribution >= 0.6 is 23.2 Å². The van der Waals surface area contributed by atoms with E-state index in [0.717, 1.165) is 24.8 Å². The quantitative estimate of drug-likeness (QED) is 0.624. The molecule has 0 atom stereocenters. The van der Waals surface area contributed by atoms with Gasteiger partial charge in [0.15, 0.2) is 0 Å². The van der Waals surface area contributed by atoms with Crippen LogP contribution in [0.15, 0.2) is 42.5 Å². The predicted octanol–water partition coefficient (Wildman–Crippen LogP) is 5.54. The molecule has 2 aliphatic rings. The zero-order chi connectivity index (χ0) is 21.3. The van der Waals surface area contributed by atoms with Gasteiger partial charge in [0.1, 0.15) is 0 Å². The molecule has 0 unspecified atom stereocenters. The fraction of sp³-hybridized carbons (Fsp3) is 0.318. The van der Waals surface area contributed by atoms with Crippen molar-refractivity contribution >= 4 is 35.2 Å². The molecule has 154 valence electrons. The summed E-state index contributed by atoms with van der Waals surface area (Å²) in [5.41, 5.74) is 0.643. The monoisotopic (exact) mass is 443 g/mol. The van der Waals surface area contributed by atoms with Gasteiger partial charge < -0.3 is 4.74 Å². The third-order valence-electron chi connectivity index (χ3n) is 5.52. The second-order valence-electron chi connectivity index (χ2n) is 7.49. The molecule has 0 radical (unpaired) electrons. The Morgan fingerprint density at radius 3 is 2.40 bits per heavy atom. The summed E-state index contributed by atoms with van der Waals surface area (Å²) in [4.78, 5) is 26.4. The molecule has 0 bridgehead atoms. The van der Waals surface area contributed by atoms with Gasteiger partial charge >= 0.3 is 6.09 Å². The number of rotatable bonds is 3. The number of nitriles is 1. The minimum absolute atomic E-state index is 0.152. The molecule has 0 aromatic heterocycles. The highest BCUT2D eigenvalue weighted by atomic mass is 35.5. The van der Waals surface area contributed by atoms with E-state index < -0.39 is 11.8 Å². The van der Waals surface area contributed by atoms with Crippen molar-refractivity contribution in [3.05, 3.63) is 69.2 Å². The lowest BCUT2D eigenvalue weighted by molar-refractivity contribution is -0.106. The number of hydrazine groups is 1. The van der Waals surface area contributed by atoms with E-state index in [9.17, 15) is 9.59 Å². The van der Waals surface area contributed by atoms with Crippen LogP contribution in [0, 0.1) is 11.3 Å². The van der Waals surface area contributed by atoms with Gasteiger partial charge in [0.05, 0.1) is 28.2 Å². The van der Waals surface area contributed by atoms with Crippen molar-refractivity contribution in [3.8, 4) is 6.07 Å². The molecule has 4 rings (SSSR count). The van der Waals surface area contributed by atoms with E-state index in [1.54, 1.807) is 36.4 Å². The zero-order valence-corrected chi connectivity index (χ0v) is 17.6. The molecule has 1 heterocycles. The van der Waals surface area contributed by atoms with Crippen molar-refractivity contribution in [1.29, 1.82) is 5.26 Å².